The van der Waals surface area contributed by atoms with Gasteiger partial charge >= 0.3 is 6.18 Å². The molecule has 0 aliphatic rings. The summed E-state index contributed by atoms with van der Waals surface area (Å²) in [4.78, 5) is 15.4. The van der Waals surface area contributed by atoms with Crippen LogP contribution in [-0.4, -0.2) is 33.3 Å². The lowest BCUT2D eigenvalue weighted by molar-refractivity contribution is -0.272. The van der Waals surface area contributed by atoms with Gasteiger partial charge in [-0.2, -0.15) is 13.2 Å². The molecule has 8 heteroatoms. The van der Waals surface area contributed by atoms with E-state index in [1.807, 2.05) is 0 Å². The number of benzene rings is 1. The molecule has 1 aromatic heterocycles. The van der Waals surface area contributed by atoms with E-state index in [1.165, 1.54) is 19.4 Å². The third-order valence-electron chi connectivity index (χ3n) is 3.47. The van der Waals surface area contributed by atoms with Gasteiger partial charge in [0.25, 0.3) is 5.91 Å². The molecular formula is C15H16F3N3O2. The van der Waals surface area contributed by atoms with Crippen LogP contribution < -0.4 is 5.32 Å². The molecule has 23 heavy (non-hydrogen) atoms. The summed E-state index contributed by atoms with van der Waals surface area (Å²) in [5.41, 5.74) is -2.80. The summed E-state index contributed by atoms with van der Waals surface area (Å²) in [6.45, 7) is -0.351. The quantitative estimate of drug-likeness (QED) is 0.882. The van der Waals surface area contributed by atoms with Gasteiger partial charge in [-0.25, -0.2) is 4.98 Å². The third-order valence-corrected chi connectivity index (χ3v) is 3.47. The number of aryl methyl sites for hydroxylation is 1. The van der Waals surface area contributed by atoms with E-state index in [2.05, 4.69) is 10.3 Å². The molecule has 0 spiro atoms. The van der Waals surface area contributed by atoms with Crippen LogP contribution in [0, 0.1) is 0 Å². The first-order chi connectivity index (χ1) is 10.8. The Kier molecular flexibility index (Phi) is 4.74. The van der Waals surface area contributed by atoms with E-state index in [1.54, 1.807) is 30.3 Å². The van der Waals surface area contributed by atoms with Crippen molar-refractivity contribution < 1.29 is 23.1 Å². The molecule has 1 heterocycles. The zero-order valence-corrected chi connectivity index (χ0v) is 12.3. The number of hydrogen-bond acceptors (Lipinski definition) is 3. The van der Waals surface area contributed by atoms with Gasteiger partial charge in [-0.3, -0.25) is 4.79 Å². The van der Waals surface area contributed by atoms with E-state index in [-0.39, 0.29) is 6.54 Å². The lowest BCUT2D eigenvalue weighted by atomic mass is 9.97. The molecule has 0 fully saturated rings. The molecule has 1 aromatic carbocycles. The second-order valence-electron chi connectivity index (χ2n) is 5.09. The number of halogens is 3. The maximum atomic E-state index is 13.3. The van der Waals surface area contributed by atoms with Crippen molar-refractivity contribution >= 4 is 5.91 Å². The molecule has 0 saturated carbocycles. The third kappa shape index (κ3) is 3.53. The Bertz CT molecular complexity index is 670. The Morgan fingerprint density at radius 1 is 1.30 bits per heavy atom. The van der Waals surface area contributed by atoms with E-state index in [4.69, 9.17) is 0 Å². The highest BCUT2D eigenvalue weighted by molar-refractivity contribution is 5.94. The number of nitrogens with zero attached hydrogens (tertiary/aromatic N) is 2. The standard InChI is InChI=1S/C15H16F3N3O2/c1-21-10-9-20-13(21)14(23,15(16,17)18)7-8-19-12(22)11-5-3-2-4-6-11/h2-6,9-10,23H,7-8H2,1H3,(H,19,22). The Morgan fingerprint density at radius 3 is 2.48 bits per heavy atom. The molecular weight excluding hydrogens is 311 g/mol. The highest BCUT2D eigenvalue weighted by Gasteiger charge is 2.57. The van der Waals surface area contributed by atoms with E-state index in [9.17, 15) is 23.1 Å². The zero-order valence-electron chi connectivity index (χ0n) is 12.3. The van der Waals surface area contributed by atoms with Gasteiger partial charge in [-0.15, -0.1) is 0 Å². The predicted octanol–water partition coefficient (Wildman–Crippen LogP) is 1.99. The van der Waals surface area contributed by atoms with E-state index in [0.717, 1.165) is 4.57 Å². The largest absolute Gasteiger partial charge is 0.424 e. The average molecular weight is 327 g/mol. The van der Waals surface area contributed by atoms with Crippen LogP contribution >= 0.6 is 0 Å². The molecule has 0 saturated heterocycles. The molecule has 0 aliphatic carbocycles. The Balaban J connectivity index is 2.09. The number of aliphatic hydroxyl groups is 1. The van der Waals surface area contributed by atoms with E-state index in [0.29, 0.717) is 5.56 Å². The van der Waals surface area contributed by atoms with Crippen molar-refractivity contribution in [2.75, 3.05) is 6.54 Å². The molecule has 1 atom stereocenters. The maximum absolute atomic E-state index is 13.3. The molecule has 5 nitrogen and oxygen atoms in total. The second kappa shape index (κ2) is 6.41. The van der Waals surface area contributed by atoms with Crippen LogP contribution in [0.3, 0.4) is 0 Å². The molecule has 124 valence electrons. The summed E-state index contributed by atoms with van der Waals surface area (Å²) < 4.78 is 40.9. The second-order valence-corrected chi connectivity index (χ2v) is 5.09. The number of carbonyl (C=O) groups excluding carboxylic acids is 1. The molecule has 1 unspecified atom stereocenters. The Morgan fingerprint density at radius 2 is 1.96 bits per heavy atom. The highest BCUT2D eigenvalue weighted by Crippen LogP contribution is 2.40. The molecule has 0 radical (unpaired) electrons. The van der Waals surface area contributed by atoms with Crippen LogP contribution in [0.4, 0.5) is 13.2 Å². The van der Waals surface area contributed by atoms with Gasteiger partial charge < -0.3 is 15.0 Å². The highest BCUT2D eigenvalue weighted by atomic mass is 19.4. The lowest BCUT2D eigenvalue weighted by Crippen LogP contribution is -2.46. The van der Waals surface area contributed by atoms with E-state index < -0.39 is 29.9 Å². The monoisotopic (exact) mass is 327 g/mol. The van der Waals surface area contributed by atoms with Crippen molar-refractivity contribution in [2.45, 2.75) is 18.2 Å². The number of rotatable bonds is 5. The van der Waals surface area contributed by atoms with E-state index >= 15 is 0 Å². The minimum Gasteiger partial charge on any atom is -0.374 e. The van der Waals surface area contributed by atoms with Crippen LogP contribution in [0.15, 0.2) is 42.7 Å². The number of amides is 1. The van der Waals surface area contributed by atoms with Gasteiger partial charge in [-0.05, 0) is 12.1 Å². The summed E-state index contributed by atoms with van der Waals surface area (Å²) in [6, 6.07) is 8.11. The number of alkyl halides is 3. The van der Waals surface area contributed by atoms with Crippen molar-refractivity contribution in [3.8, 4) is 0 Å². The first kappa shape index (κ1) is 17.0. The minimum absolute atomic E-state index is 0.333. The number of imidazole rings is 1. The fraction of sp³-hybridized carbons (Fsp3) is 0.333. The van der Waals surface area contributed by atoms with Crippen molar-refractivity contribution in [1.82, 2.24) is 14.9 Å². The minimum atomic E-state index is -4.91. The number of hydrogen-bond donors (Lipinski definition) is 2. The van der Waals surface area contributed by atoms with Crippen LogP contribution in [0.25, 0.3) is 0 Å². The van der Waals surface area contributed by atoms with Crippen molar-refractivity contribution in [1.29, 1.82) is 0 Å². The number of aromatic nitrogens is 2. The fourth-order valence-corrected chi connectivity index (χ4v) is 2.19. The smallest absolute Gasteiger partial charge is 0.374 e. The number of carbonyl (C=O) groups is 1. The molecule has 2 rings (SSSR count). The SMILES string of the molecule is Cn1ccnc1C(O)(CCNC(=O)c1ccccc1)C(F)(F)F. The van der Waals surface area contributed by atoms with Gasteiger partial charge in [0.05, 0.1) is 0 Å². The summed E-state index contributed by atoms with van der Waals surface area (Å²) >= 11 is 0. The molecule has 2 N–H and O–H groups in total. The predicted molar refractivity (Wildman–Crippen MR) is 76.6 cm³/mol. The first-order valence-electron chi connectivity index (χ1n) is 6.86. The van der Waals surface area contributed by atoms with Gasteiger partial charge in [0.1, 0.15) is 5.82 Å². The summed E-state index contributed by atoms with van der Waals surface area (Å²) in [5, 5.41) is 12.5. The van der Waals surface area contributed by atoms with Crippen molar-refractivity contribution in [2.24, 2.45) is 7.05 Å². The molecule has 0 bridgehead atoms. The summed E-state index contributed by atoms with van der Waals surface area (Å²) in [7, 11) is 1.36. The fourth-order valence-electron chi connectivity index (χ4n) is 2.19. The summed E-state index contributed by atoms with van der Waals surface area (Å²) in [6.07, 6.45) is -3.16. The molecule has 2 aromatic rings. The molecule has 0 aliphatic heterocycles. The topological polar surface area (TPSA) is 67.2 Å². The lowest BCUT2D eigenvalue weighted by Gasteiger charge is -2.29. The van der Waals surface area contributed by atoms with Crippen LogP contribution in [-0.2, 0) is 12.6 Å². The molecule has 1 amide bonds. The Labute approximate surface area is 130 Å². The van der Waals surface area contributed by atoms with Crippen LogP contribution in [0.5, 0.6) is 0 Å². The van der Waals surface area contributed by atoms with Crippen molar-refractivity contribution in [3.05, 3.63) is 54.1 Å². The average Bonchev–Trinajstić information content (AvgIpc) is 2.93. The maximum Gasteiger partial charge on any atom is 0.424 e. The van der Waals surface area contributed by atoms with Crippen LogP contribution in [0.1, 0.15) is 22.6 Å². The van der Waals surface area contributed by atoms with Gasteiger partial charge in [-0.1, -0.05) is 18.2 Å². The van der Waals surface area contributed by atoms with Crippen LogP contribution in [0.2, 0.25) is 0 Å². The van der Waals surface area contributed by atoms with Crippen molar-refractivity contribution in [3.63, 3.8) is 0 Å². The van der Waals surface area contributed by atoms with Gasteiger partial charge in [0, 0.05) is 38.0 Å². The zero-order chi connectivity index (χ0) is 17.1. The van der Waals surface area contributed by atoms with Gasteiger partial charge in [0.15, 0.2) is 0 Å². The summed E-state index contributed by atoms with van der Waals surface area (Å²) in [5.74, 6) is -1.02. The number of nitrogens with one attached hydrogen (secondary N) is 1. The Hall–Kier alpha value is -2.35. The normalized spacial score (nSPS) is 14.3. The van der Waals surface area contributed by atoms with Gasteiger partial charge in [0.2, 0.25) is 5.60 Å². The first-order valence-corrected chi connectivity index (χ1v) is 6.86.